The molecule has 1 saturated carbocycles. The second-order valence-corrected chi connectivity index (χ2v) is 6.93. The molecule has 0 radical (unpaired) electrons. The van der Waals surface area contributed by atoms with Crippen molar-refractivity contribution in [2.24, 2.45) is 0 Å². The summed E-state index contributed by atoms with van der Waals surface area (Å²) in [5.41, 5.74) is 3.26. The second-order valence-electron chi connectivity index (χ2n) is 6.59. The van der Waals surface area contributed by atoms with Crippen LogP contribution in [0.25, 0.3) is 0 Å². The molecule has 1 aromatic carbocycles. The third-order valence-electron chi connectivity index (χ3n) is 5.07. The van der Waals surface area contributed by atoms with Gasteiger partial charge in [-0.15, -0.1) is 0 Å². The highest BCUT2D eigenvalue weighted by atomic mass is 35.5. The molecular formula is C18H20ClN3O2. The molecule has 24 heavy (non-hydrogen) atoms. The van der Waals surface area contributed by atoms with Gasteiger partial charge >= 0.3 is 0 Å². The van der Waals surface area contributed by atoms with Crippen molar-refractivity contribution in [3.8, 4) is 5.75 Å². The fourth-order valence-corrected chi connectivity index (χ4v) is 3.66. The third-order valence-corrected chi connectivity index (χ3v) is 5.23. The molecule has 2 heterocycles. The minimum absolute atomic E-state index is 0.0203. The van der Waals surface area contributed by atoms with E-state index in [1.807, 2.05) is 12.1 Å². The van der Waals surface area contributed by atoms with Gasteiger partial charge in [-0.2, -0.15) is 0 Å². The molecule has 5 nitrogen and oxygen atoms in total. The molecule has 6 heteroatoms. The summed E-state index contributed by atoms with van der Waals surface area (Å²) in [5.74, 6) is 1.73. The maximum atomic E-state index is 6.10. The third kappa shape index (κ3) is 2.62. The molecule has 1 fully saturated rings. The van der Waals surface area contributed by atoms with Gasteiger partial charge in [0.25, 0.3) is 0 Å². The average molecular weight is 346 g/mol. The molecule has 0 bridgehead atoms. The Balaban J connectivity index is 1.61. The van der Waals surface area contributed by atoms with Crippen LogP contribution in [0.15, 0.2) is 24.3 Å². The standard InChI is InChI=1S/C18H20ClN3O2/c1-18(12-5-3-4-6-14(12)23-2)9-15(18)21-16-11-10-24-8-7-13(11)20-17(19)22-16/h3-6,15H,7-10H2,1-2H3,(H,20,21,22). The van der Waals surface area contributed by atoms with E-state index in [1.165, 1.54) is 5.56 Å². The number of hydrogen-bond donors (Lipinski definition) is 1. The zero-order chi connectivity index (χ0) is 16.7. The van der Waals surface area contributed by atoms with Crippen molar-refractivity contribution in [1.82, 2.24) is 9.97 Å². The molecule has 1 aromatic heterocycles. The molecule has 2 unspecified atom stereocenters. The van der Waals surface area contributed by atoms with E-state index in [2.05, 4.69) is 34.3 Å². The van der Waals surface area contributed by atoms with E-state index in [1.54, 1.807) is 7.11 Å². The smallest absolute Gasteiger partial charge is 0.224 e. The summed E-state index contributed by atoms with van der Waals surface area (Å²) >= 11 is 6.10. The average Bonchev–Trinajstić information content (AvgIpc) is 3.25. The number of rotatable bonds is 4. The number of nitrogens with one attached hydrogen (secondary N) is 1. The van der Waals surface area contributed by atoms with Crippen LogP contribution in [0, 0.1) is 0 Å². The van der Waals surface area contributed by atoms with Gasteiger partial charge in [0, 0.05) is 29.0 Å². The second kappa shape index (κ2) is 5.90. The predicted molar refractivity (Wildman–Crippen MR) is 92.8 cm³/mol. The SMILES string of the molecule is COc1ccccc1C1(C)CC1Nc1nc(Cl)nc2c1COCC2. The van der Waals surface area contributed by atoms with Gasteiger partial charge in [-0.3, -0.25) is 0 Å². The van der Waals surface area contributed by atoms with Crippen LogP contribution in [0.3, 0.4) is 0 Å². The number of nitrogens with zero attached hydrogens (tertiary/aromatic N) is 2. The summed E-state index contributed by atoms with van der Waals surface area (Å²) in [6, 6.07) is 8.47. The Morgan fingerprint density at radius 1 is 1.33 bits per heavy atom. The van der Waals surface area contributed by atoms with Crippen molar-refractivity contribution < 1.29 is 9.47 Å². The van der Waals surface area contributed by atoms with Crippen molar-refractivity contribution in [3.05, 3.63) is 46.4 Å². The van der Waals surface area contributed by atoms with Crippen molar-refractivity contribution >= 4 is 17.4 Å². The molecule has 1 N–H and O–H groups in total. The number of para-hydroxylation sites is 1. The summed E-state index contributed by atoms with van der Waals surface area (Å²) in [6.07, 6.45) is 1.80. The van der Waals surface area contributed by atoms with Crippen LogP contribution < -0.4 is 10.1 Å². The molecule has 2 aliphatic rings. The van der Waals surface area contributed by atoms with E-state index in [9.17, 15) is 0 Å². The lowest BCUT2D eigenvalue weighted by molar-refractivity contribution is 0.109. The summed E-state index contributed by atoms with van der Waals surface area (Å²) in [5, 5.41) is 3.84. The number of fused-ring (bicyclic) bond motifs is 1. The quantitative estimate of drug-likeness (QED) is 0.861. The Morgan fingerprint density at radius 3 is 3.00 bits per heavy atom. The summed E-state index contributed by atoms with van der Waals surface area (Å²) in [7, 11) is 1.71. The van der Waals surface area contributed by atoms with Gasteiger partial charge in [0.2, 0.25) is 5.28 Å². The minimum Gasteiger partial charge on any atom is -0.496 e. The van der Waals surface area contributed by atoms with Crippen molar-refractivity contribution in [2.75, 3.05) is 19.0 Å². The van der Waals surface area contributed by atoms with Crippen molar-refractivity contribution in [3.63, 3.8) is 0 Å². The van der Waals surface area contributed by atoms with E-state index in [0.29, 0.717) is 13.2 Å². The van der Waals surface area contributed by atoms with E-state index >= 15 is 0 Å². The number of methoxy groups -OCH3 is 1. The Kier molecular flexibility index (Phi) is 3.85. The highest BCUT2D eigenvalue weighted by Gasteiger charge is 2.53. The fraction of sp³-hybridized carbons (Fsp3) is 0.444. The van der Waals surface area contributed by atoms with Crippen LogP contribution in [-0.4, -0.2) is 29.7 Å². The van der Waals surface area contributed by atoms with Crippen molar-refractivity contribution in [1.29, 1.82) is 0 Å². The Hall–Kier alpha value is -1.85. The molecule has 2 aromatic rings. The monoisotopic (exact) mass is 345 g/mol. The lowest BCUT2D eigenvalue weighted by atomic mass is 9.96. The van der Waals surface area contributed by atoms with E-state index in [-0.39, 0.29) is 16.7 Å². The van der Waals surface area contributed by atoms with Gasteiger partial charge in [-0.25, -0.2) is 9.97 Å². The van der Waals surface area contributed by atoms with Gasteiger partial charge in [0.05, 0.1) is 26.0 Å². The van der Waals surface area contributed by atoms with Gasteiger partial charge in [-0.1, -0.05) is 25.1 Å². The summed E-state index contributed by atoms with van der Waals surface area (Å²) in [4.78, 5) is 8.74. The number of anilines is 1. The van der Waals surface area contributed by atoms with E-state index in [0.717, 1.165) is 35.7 Å². The minimum atomic E-state index is 0.0203. The van der Waals surface area contributed by atoms with Crippen LogP contribution >= 0.6 is 11.6 Å². The molecule has 0 amide bonds. The molecule has 4 rings (SSSR count). The van der Waals surface area contributed by atoms with Crippen LogP contribution in [0.4, 0.5) is 5.82 Å². The van der Waals surface area contributed by atoms with Crippen LogP contribution in [0.2, 0.25) is 5.28 Å². The maximum absolute atomic E-state index is 6.10. The van der Waals surface area contributed by atoms with Crippen LogP contribution in [0.1, 0.15) is 30.2 Å². The van der Waals surface area contributed by atoms with E-state index < -0.39 is 0 Å². The molecule has 2 atom stereocenters. The summed E-state index contributed by atoms with van der Waals surface area (Å²) in [6.45, 7) is 3.46. The van der Waals surface area contributed by atoms with Gasteiger partial charge in [0.15, 0.2) is 0 Å². The predicted octanol–water partition coefficient (Wildman–Crippen LogP) is 3.35. The first-order valence-electron chi connectivity index (χ1n) is 8.15. The Labute approximate surface area is 146 Å². The number of ether oxygens (including phenoxy) is 2. The van der Waals surface area contributed by atoms with Gasteiger partial charge < -0.3 is 14.8 Å². The first kappa shape index (κ1) is 15.7. The molecule has 126 valence electrons. The first-order chi connectivity index (χ1) is 11.6. The maximum Gasteiger partial charge on any atom is 0.224 e. The molecule has 1 aliphatic carbocycles. The van der Waals surface area contributed by atoms with Gasteiger partial charge in [-0.05, 0) is 24.1 Å². The van der Waals surface area contributed by atoms with Crippen LogP contribution in [0.5, 0.6) is 5.75 Å². The van der Waals surface area contributed by atoms with Crippen LogP contribution in [-0.2, 0) is 23.2 Å². The topological polar surface area (TPSA) is 56.3 Å². The van der Waals surface area contributed by atoms with E-state index in [4.69, 9.17) is 21.1 Å². The number of hydrogen-bond acceptors (Lipinski definition) is 5. The number of aromatic nitrogens is 2. The largest absolute Gasteiger partial charge is 0.496 e. The lowest BCUT2D eigenvalue weighted by Gasteiger charge is -2.21. The first-order valence-corrected chi connectivity index (χ1v) is 8.52. The van der Waals surface area contributed by atoms with Gasteiger partial charge in [0.1, 0.15) is 11.6 Å². The zero-order valence-electron chi connectivity index (χ0n) is 13.8. The molecule has 0 saturated heterocycles. The highest BCUT2D eigenvalue weighted by Crippen LogP contribution is 2.52. The summed E-state index contributed by atoms with van der Waals surface area (Å²) < 4.78 is 11.1. The fourth-order valence-electron chi connectivity index (χ4n) is 3.48. The Bertz CT molecular complexity index is 783. The molecule has 0 spiro atoms. The normalized spacial score (nSPS) is 25.0. The lowest BCUT2D eigenvalue weighted by Crippen LogP contribution is -2.21. The number of benzene rings is 1. The molecular weight excluding hydrogens is 326 g/mol. The van der Waals surface area contributed by atoms with Crippen molar-refractivity contribution in [2.45, 2.75) is 37.8 Å². The highest BCUT2D eigenvalue weighted by molar-refractivity contribution is 6.28. The Morgan fingerprint density at radius 2 is 2.17 bits per heavy atom. The molecule has 1 aliphatic heterocycles. The number of halogens is 1. The zero-order valence-corrected chi connectivity index (χ0v) is 14.6.